The molecule has 84 valence electrons. The molecule has 0 spiro atoms. The minimum absolute atomic E-state index is 1.03. The molecule has 1 atom stereocenters. The maximum absolute atomic E-state index is 6.20. The lowest BCUT2D eigenvalue weighted by Crippen LogP contribution is -2.42. The SMILES string of the molecule is C=CC(C=C)=C[Si](C)(C=C)O[Si](C)(C)C. The average molecular weight is 238 g/mol. The molecule has 0 radical (unpaired) electrons. The molecule has 1 unspecified atom stereocenters. The largest absolute Gasteiger partial charge is 0.450 e. The molecule has 1 nitrogen and oxygen atoms in total. The Labute approximate surface area is 96.1 Å². The smallest absolute Gasteiger partial charge is 0.227 e. The van der Waals surface area contributed by atoms with Crippen molar-refractivity contribution in [1.82, 2.24) is 0 Å². The molecule has 0 N–H and O–H groups in total. The van der Waals surface area contributed by atoms with Gasteiger partial charge in [0.1, 0.15) is 0 Å². The van der Waals surface area contributed by atoms with E-state index >= 15 is 0 Å². The maximum Gasteiger partial charge on any atom is 0.227 e. The van der Waals surface area contributed by atoms with E-state index in [1.165, 1.54) is 0 Å². The Hall–Kier alpha value is -0.646. The van der Waals surface area contributed by atoms with Crippen molar-refractivity contribution in [2.75, 3.05) is 0 Å². The van der Waals surface area contributed by atoms with Crippen LogP contribution in [0.1, 0.15) is 0 Å². The Morgan fingerprint density at radius 3 is 1.73 bits per heavy atom. The molecule has 0 heterocycles. The highest BCUT2D eigenvalue weighted by atomic mass is 28.4. The van der Waals surface area contributed by atoms with Crippen LogP contribution < -0.4 is 0 Å². The average Bonchev–Trinajstić information content (AvgIpc) is 2.11. The first kappa shape index (κ1) is 14.4. The van der Waals surface area contributed by atoms with E-state index in [0.29, 0.717) is 0 Å². The van der Waals surface area contributed by atoms with Crippen molar-refractivity contribution in [3.05, 3.63) is 48.9 Å². The van der Waals surface area contributed by atoms with Gasteiger partial charge < -0.3 is 4.12 Å². The summed E-state index contributed by atoms with van der Waals surface area (Å²) in [5, 5.41) is 0. The van der Waals surface area contributed by atoms with Crippen LogP contribution in [-0.2, 0) is 4.12 Å². The van der Waals surface area contributed by atoms with Crippen LogP contribution in [0.4, 0.5) is 0 Å². The lowest BCUT2D eigenvalue weighted by molar-refractivity contribution is 0.570. The van der Waals surface area contributed by atoms with Gasteiger partial charge in [-0.3, -0.25) is 0 Å². The molecule has 0 bridgehead atoms. The molecule has 0 rings (SSSR count). The molecule has 3 heteroatoms. The summed E-state index contributed by atoms with van der Waals surface area (Å²) in [6.07, 6.45) is 3.60. The van der Waals surface area contributed by atoms with Gasteiger partial charge in [-0.25, -0.2) is 0 Å². The Bertz CT molecular complexity index is 276. The highest BCUT2D eigenvalue weighted by Crippen LogP contribution is 2.18. The zero-order valence-electron chi connectivity index (χ0n) is 10.3. The second-order valence-corrected chi connectivity index (χ2v) is 12.8. The molecular formula is C12H22OSi2. The van der Waals surface area contributed by atoms with Crippen molar-refractivity contribution in [3.63, 3.8) is 0 Å². The monoisotopic (exact) mass is 238 g/mol. The van der Waals surface area contributed by atoms with Gasteiger partial charge in [0, 0.05) is 0 Å². The zero-order valence-corrected chi connectivity index (χ0v) is 12.3. The van der Waals surface area contributed by atoms with Crippen LogP contribution in [0.25, 0.3) is 0 Å². The molecule has 15 heavy (non-hydrogen) atoms. The van der Waals surface area contributed by atoms with Crippen LogP contribution in [-0.4, -0.2) is 16.6 Å². The van der Waals surface area contributed by atoms with E-state index in [4.69, 9.17) is 4.12 Å². The van der Waals surface area contributed by atoms with Gasteiger partial charge in [0.05, 0.1) is 0 Å². The minimum atomic E-state index is -1.94. The van der Waals surface area contributed by atoms with Crippen LogP contribution >= 0.6 is 0 Å². The van der Waals surface area contributed by atoms with Gasteiger partial charge in [-0.05, 0) is 31.8 Å². The summed E-state index contributed by atoms with van der Waals surface area (Å²) in [6, 6.07) is 0. The van der Waals surface area contributed by atoms with Gasteiger partial charge in [0.25, 0.3) is 0 Å². The highest BCUT2D eigenvalue weighted by Gasteiger charge is 2.29. The van der Waals surface area contributed by atoms with Gasteiger partial charge >= 0.3 is 0 Å². The lowest BCUT2D eigenvalue weighted by Gasteiger charge is -2.29. The first-order valence-electron chi connectivity index (χ1n) is 5.08. The summed E-state index contributed by atoms with van der Waals surface area (Å²) in [6.45, 7) is 20.1. The third-order valence-electron chi connectivity index (χ3n) is 1.86. The summed E-state index contributed by atoms with van der Waals surface area (Å²) in [4.78, 5) is 0. The Kier molecular flexibility index (Phi) is 5.21. The van der Waals surface area contributed by atoms with E-state index in [1.54, 1.807) is 12.2 Å². The molecule has 0 aliphatic carbocycles. The zero-order chi connectivity index (χ0) is 12.1. The minimum Gasteiger partial charge on any atom is -0.450 e. The van der Waals surface area contributed by atoms with Crippen molar-refractivity contribution < 1.29 is 4.12 Å². The summed E-state index contributed by atoms with van der Waals surface area (Å²) in [5.74, 6) is 0. The normalized spacial score (nSPS) is 14.9. The first-order chi connectivity index (χ1) is 6.76. The van der Waals surface area contributed by atoms with Crippen LogP contribution in [0.15, 0.2) is 48.9 Å². The number of hydrogen-bond donors (Lipinski definition) is 0. The van der Waals surface area contributed by atoms with Crippen molar-refractivity contribution in [2.45, 2.75) is 26.2 Å². The maximum atomic E-state index is 6.20. The number of hydrogen-bond acceptors (Lipinski definition) is 1. The molecule has 0 aromatic rings. The van der Waals surface area contributed by atoms with Crippen molar-refractivity contribution >= 4 is 16.6 Å². The summed E-state index contributed by atoms with van der Waals surface area (Å²) in [5.41, 5.74) is 5.12. The fraction of sp³-hybridized carbons (Fsp3) is 0.333. The van der Waals surface area contributed by atoms with Gasteiger partial charge in [-0.15, -0.1) is 6.58 Å². The Morgan fingerprint density at radius 2 is 1.47 bits per heavy atom. The molecule has 0 aliphatic heterocycles. The summed E-state index contributed by atoms with van der Waals surface area (Å²) >= 11 is 0. The Balaban J connectivity index is 5.01. The van der Waals surface area contributed by atoms with E-state index in [2.05, 4.69) is 51.6 Å². The number of allylic oxidation sites excluding steroid dienone is 3. The molecule has 0 aliphatic rings. The number of rotatable bonds is 6. The standard InChI is InChI=1S/C12H22OSi2/c1-8-12(9-2)11-15(7,10-3)13-14(4,5)6/h8-11H,1-3H2,4-7H3. The molecule has 0 saturated carbocycles. The van der Waals surface area contributed by atoms with E-state index in [9.17, 15) is 0 Å². The van der Waals surface area contributed by atoms with E-state index in [1.807, 2.05) is 5.70 Å². The van der Waals surface area contributed by atoms with E-state index in [-0.39, 0.29) is 0 Å². The van der Waals surface area contributed by atoms with Crippen LogP contribution in [0, 0.1) is 0 Å². The first-order valence-corrected chi connectivity index (χ1v) is 11.0. The summed E-state index contributed by atoms with van der Waals surface area (Å²) < 4.78 is 6.20. The molecular weight excluding hydrogens is 216 g/mol. The molecule has 0 amide bonds. The fourth-order valence-corrected chi connectivity index (χ4v) is 8.18. The van der Waals surface area contributed by atoms with E-state index in [0.717, 1.165) is 5.57 Å². The van der Waals surface area contributed by atoms with Crippen LogP contribution in [0.2, 0.25) is 26.2 Å². The Morgan fingerprint density at radius 1 is 1.00 bits per heavy atom. The quantitative estimate of drug-likeness (QED) is 0.502. The second-order valence-electron chi connectivity index (χ2n) is 4.65. The molecule has 0 aromatic heterocycles. The van der Waals surface area contributed by atoms with Crippen LogP contribution in [0.5, 0.6) is 0 Å². The highest BCUT2D eigenvalue weighted by molar-refractivity contribution is 6.90. The predicted octanol–water partition coefficient (Wildman–Crippen LogP) is 3.98. The van der Waals surface area contributed by atoms with Crippen LogP contribution in [0.3, 0.4) is 0 Å². The third-order valence-corrected chi connectivity index (χ3v) is 7.78. The third kappa shape index (κ3) is 5.72. The van der Waals surface area contributed by atoms with Gasteiger partial charge in [-0.2, -0.15) is 0 Å². The fourth-order valence-electron chi connectivity index (χ4n) is 1.32. The predicted molar refractivity (Wildman–Crippen MR) is 74.7 cm³/mol. The molecule has 0 saturated heterocycles. The topological polar surface area (TPSA) is 9.23 Å². The molecule has 0 fully saturated rings. The van der Waals surface area contributed by atoms with Crippen molar-refractivity contribution in [2.24, 2.45) is 0 Å². The summed E-state index contributed by atoms with van der Waals surface area (Å²) in [7, 11) is -3.47. The van der Waals surface area contributed by atoms with Gasteiger partial charge in [-0.1, -0.05) is 36.7 Å². The van der Waals surface area contributed by atoms with Crippen molar-refractivity contribution in [3.8, 4) is 0 Å². The van der Waals surface area contributed by atoms with Crippen molar-refractivity contribution in [1.29, 1.82) is 0 Å². The van der Waals surface area contributed by atoms with E-state index < -0.39 is 16.6 Å². The second kappa shape index (κ2) is 5.44. The lowest BCUT2D eigenvalue weighted by atomic mass is 10.3. The molecule has 0 aromatic carbocycles. The van der Waals surface area contributed by atoms with Gasteiger partial charge in [0.15, 0.2) is 8.32 Å². The van der Waals surface area contributed by atoms with Gasteiger partial charge in [0.2, 0.25) is 8.32 Å².